The van der Waals surface area contributed by atoms with Gasteiger partial charge in [-0.2, -0.15) is 0 Å². The van der Waals surface area contributed by atoms with Gasteiger partial charge in [0, 0.05) is 15.2 Å². The van der Waals surface area contributed by atoms with Crippen molar-refractivity contribution in [2.24, 2.45) is 5.41 Å². The lowest BCUT2D eigenvalue weighted by Gasteiger charge is -2.35. The zero-order valence-corrected chi connectivity index (χ0v) is 13.4. The summed E-state index contributed by atoms with van der Waals surface area (Å²) in [7, 11) is 0. The van der Waals surface area contributed by atoms with Gasteiger partial charge < -0.3 is 4.74 Å². The van der Waals surface area contributed by atoms with Gasteiger partial charge in [-0.25, -0.2) is 4.39 Å². The van der Waals surface area contributed by atoms with Crippen LogP contribution in [0.4, 0.5) is 4.39 Å². The monoisotopic (exact) mass is 378 g/mol. The van der Waals surface area contributed by atoms with Crippen LogP contribution >= 0.6 is 31.9 Å². The fraction of sp³-hybridized carbons (Fsp3) is 0.571. The first-order valence-corrected chi connectivity index (χ1v) is 8.20. The minimum absolute atomic E-state index is 0.178. The highest BCUT2D eigenvalue weighted by molar-refractivity contribution is 9.10. The third kappa shape index (κ3) is 3.47. The Morgan fingerprint density at radius 2 is 1.94 bits per heavy atom. The van der Waals surface area contributed by atoms with E-state index >= 15 is 0 Å². The molecular weight excluding hydrogens is 363 g/mol. The Morgan fingerprint density at radius 1 is 1.22 bits per heavy atom. The standard InChI is InChI=1S/C14H17Br2FO/c15-9-14(6-2-1-3-7-14)10-18-13-5-4-11(16)8-12(13)17/h4-5,8H,1-3,6-7,9-10H2. The summed E-state index contributed by atoms with van der Waals surface area (Å²) < 4.78 is 20.1. The second kappa shape index (κ2) is 6.38. The molecule has 0 unspecified atom stereocenters. The quantitative estimate of drug-likeness (QED) is 0.644. The number of ether oxygens (including phenoxy) is 1. The van der Waals surface area contributed by atoms with E-state index in [1.54, 1.807) is 12.1 Å². The van der Waals surface area contributed by atoms with Gasteiger partial charge in [0.2, 0.25) is 0 Å². The molecule has 0 bridgehead atoms. The number of halogens is 3. The number of hydrogen-bond donors (Lipinski definition) is 0. The molecule has 0 radical (unpaired) electrons. The van der Waals surface area contributed by atoms with Crippen LogP contribution in [0, 0.1) is 11.2 Å². The van der Waals surface area contributed by atoms with Gasteiger partial charge in [-0.3, -0.25) is 0 Å². The SMILES string of the molecule is Fc1cc(Br)ccc1OCC1(CBr)CCCCC1. The maximum absolute atomic E-state index is 13.7. The summed E-state index contributed by atoms with van der Waals surface area (Å²) >= 11 is 6.84. The number of benzene rings is 1. The van der Waals surface area contributed by atoms with Crippen molar-refractivity contribution in [3.63, 3.8) is 0 Å². The first kappa shape index (κ1) is 14.3. The van der Waals surface area contributed by atoms with Gasteiger partial charge in [0.15, 0.2) is 11.6 Å². The summed E-state index contributed by atoms with van der Waals surface area (Å²) in [6.07, 6.45) is 6.13. The van der Waals surface area contributed by atoms with Crippen LogP contribution in [0.15, 0.2) is 22.7 Å². The summed E-state index contributed by atoms with van der Waals surface area (Å²) in [6.45, 7) is 0.594. The maximum Gasteiger partial charge on any atom is 0.166 e. The third-order valence-corrected chi connectivity index (χ3v) is 5.31. The number of rotatable bonds is 4. The third-order valence-electron chi connectivity index (χ3n) is 3.63. The van der Waals surface area contributed by atoms with Gasteiger partial charge in [-0.1, -0.05) is 51.1 Å². The molecule has 1 saturated carbocycles. The molecule has 18 heavy (non-hydrogen) atoms. The van der Waals surface area contributed by atoms with Crippen LogP contribution in [-0.4, -0.2) is 11.9 Å². The molecule has 2 rings (SSSR count). The van der Waals surface area contributed by atoms with Crippen molar-refractivity contribution in [1.29, 1.82) is 0 Å². The maximum atomic E-state index is 13.7. The predicted octanol–water partition coefficient (Wildman–Crippen LogP) is 5.31. The molecule has 1 aromatic carbocycles. The van der Waals surface area contributed by atoms with Crippen LogP contribution in [0.5, 0.6) is 5.75 Å². The van der Waals surface area contributed by atoms with Crippen molar-refractivity contribution in [2.75, 3.05) is 11.9 Å². The Labute approximate surface area is 124 Å². The lowest BCUT2D eigenvalue weighted by atomic mass is 9.76. The summed E-state index contributed by atoms with van der Waals surface area (Å²) in [5.74, 6) is 0.0500. The van der Waals surface area contributed by atoms with Crippen LogP contribution < -0.4 is 4.74 Å². The fourth-order valence-electron chi connectivity index (χ4n) is 2.44. The molecule has 1 aliphatic carbocycles. The Bertz CT molecular complexity index is 403. The van der Waals surface area contributed by atoms with E-state index < -0.39 is 0 Å². The van der Waals surface area contributed by atoms with E-state index in [1.807, 2.05) is 0 Å². The molecule has 0 aromatic heterocycles. The molecule has 1 aromatic rings. The molecule has 4 heteroatoms. The molecule has 1 aliphatic rings. The summed E-state index contributed by atoms with van der Waals surface area (Å²) in [5, 5.41) is 0.929. The van der Waals surface area contributed by atoms with Crippen molar-refractivity contribution in [2.45, 2.75) is 32.1 Å². The molecule has 1 nitrogen and oxygen atoms in total. The molecule has 100 valence electrons. The lowest BCUT2D eigenvalue weighted by Crippen LogP contribution is -2.32. The minimum atomic E-state index is -0.301. The molecule has 0 spiro atoms. The Kier molecular flexibility index (Phi) is 5.07. The second-order valence-corrected chi connectivity index (χ2v) is 6.53. The predicted molar refractivity (Wildman–Crippen MR) is 78.9 cm³/mol. The molecule has 0 N–H and O–H groups in total. The molecule has 0 amide bonds. The normalized spacial score (nSPS) is 18.6. The summed E-state index contributed by atoms with van der Waals surface area (Å²) in [4.78, 5) is 0. The second-order valence-electron chi connectivity index (χ2n) is 5.06. The van der Waals surface area contributed by atoms with Crippen molar-refractivity contribution >= 4 is 31.9 Å². The van der Waals surface area contributed by atoms with Crippen LogP contribution in [0.25, 0.3) is 0 Å². The highest BCUT2D eigenvalue weighted by Crippen LogP contribution is 2.38. The van der Waals surface area contributed by atoms with Gasteiger partial charge in [0.25, 0.3) is 0 Å². The summed E-state index contributed by atoms with van der Waals surface area (Å²) in [5.41, 5.74) is 0.178. The van der Waals surface area contributed by atoms with Gasteiger partial charge in [0.1, 0.15) is 0 Å². The topological polar surface area (TPSA) is 9.23 Å². The van der Waals surface area contributed by atoms with Crippen molar-refractivity contribution in [3.05, 3.63) is 28.5 Å². The van der Waals surface area contributed by atoms with Crippen LogP contribution in [0.3, 0.4) is 0 Å². The molecule has 0 saturated heterocycles. The summed E-state index contributed by atoms with van der Waals surface area (Å²) in [6, 6.07) is 4.93. The smallest absolute Gasteiger partial charge is 0.166 e. The number of hydrogen-bond acceptors (Lipinski definition) is 1. The van der Waals surface area contributed by atoms with Crippen molar-refractivity contribution in [1.82, 2.24) is 0 Å². The lowest BCUT2D eigenvalue weighted by molar-refractivity contribution is 0.118. The molecular formula is C14H17Br2FO. The van der Waals surface area contributed by atoms with Crippen molar-refractivity contribution in [3.8, 4) is 5.75 Å². The van der Waals surface area contributed by atoms with E-state index in [2.05, 4.69) is 31.9 Å². The van der Waals surface area contributed by atoms with Crippen LogP contribution in [0.2, 0.25) is 0 Å². The van der Waals surface area contributed by atoms with E-state index in [0.717, 1.165) is 22.6 Å². The van der Waals surface area contributed by atoms with E-state index in [9.17, 15) is 4.39 Å². The van der Waals surface area contributed by atoms with Gasteiger partial charge in [-0.15, -0.1) is 0 Å². The molecule has 0 atom stereocenters. The largest absolute Gasteiger partial charge is 0.490 e. The average molecular weight is 380 g/mol. The van der Waals surface area contributed by atoms with E-state index in [-0.39, 0.29) is 11.2 Å². The fourth-order valence-corrected chi connectivity index (χ4v) is 3.50. The zero-order valence-electron chi connectivity index (χ0n) is 10.2. The van der Waals surface area contributed by atoms with E-state index in [0.29, 0.717) is 12.4 Å². The van der Waals surface area contributed by atoms with Gasteiger partial charge >= 0.3 is 0 Å². The number of alkyl halides is 1. The average Bonchev–Trinajstić information content (AvgIpc) is 2.39. The van der Waals surface area contributed by atoms with Crippen LogP contribution in [-0.2, 0) is 0 Å². The first-order chi connectivity index (χ1) is 8.65. The highest BCUT2D eigenvalue weighted by atomic mass is 79.9. The van der Waals surface area contributed by atoms with Gasteiger partial charge in [-0.05, 0) is 31.0 Å². The molecule has 1 fully saturated rings. The first-order valence-electron chi connectivity index (χ1n) is 6.29. The van der Waals surface area contributed by atoms with Crippen molar-refractivity contribution < 1.29 is 9.13 Å². The van der Waals surface area contributed by atoms with Gasteiger partial charge in [0.05, 0.1) is 6.61 Å². The molecule has 0 aliphatic heterocycles. The Balaban J connectivity index is 2.01. The van der Waals surface area contributed by atoms with E-state index in [4.69, 9.17) is 4.74 Å². The van der Waals surface area contributed by atoms with Crippen LogP contribution in [0.1, 0.15) is 32.1 Å². The highest BCUT2D eigenvalue weighted by Gasteiger charge is 2.32. The van der Waals surface area contributed by atoms with E-state index in [1.165, 1.54) is 25.3 Å². The Hall–Kier alpha value is -0.0900. The Morgan fingerprint density at radius 3 is 2.56 bits per heavy atom. The minimum Gasteiger partial charge on any atom is -0.490 e. The molecule has 0 heterocycles. The zero-order chi connectivity index (χ0) is 13.0.